The van der Waals surface area contributed by atoms with Gasteiger partial charge in [0.2, 0.25) is 0 Å². The number of likely N-dealkylation sites (N-methyl/N-ethyl adjacent to an activating group) is 1. The lowest BCUT2D eigenvalue weighted by molar-refractivity contribution is -0.135. The predicted molar refractivity (Wildman–Crippen MR) is 90.7 cm³/mol. The molecule has 0 atom stereocenters. The van der Waals surface area contributed by atoms with Gasteiger partial charge in [-0.1, -0.05) is 36.4 Å². The molecule has 0 saturated carbocycles. The average molecular weight is 306 g/mol. The van der Waals surface area contributed by atoms with Crippen LogP contribution in [0.3, 0.4) is 0 Å². The number of nitrogens with zero attached hydrogens (tertiary/aromatic N) is 1. The fourth-order valence-electron chi connectivity index (χ4n) is 2.59. The smallest absolute Gasteiger partial charge is 0.277 e. The molecule has 1 N–H and O–H groups in total. The summed E-state index contributed by atoms with van der Waals surface area (Å²) in [4.78, 5) is 26.0. The van der Waals surface area contributed by atoms with Gasteiger partial charge in [-0.3, -0.25) is 14.5 Å². The van der Waals surface area contributed by atoms with E-state index < -0.39 is 0 Å². The molecule has 4 nitrogen and oxygen atoms in total. The number of aryl methyl sites for hydroxylation is 2. The molecule has 0 saturated heterocycles. The number of benzene rings is 2. The van der Waals surface area contributed by atoms with Crippen LogP contribution in [0.2, 0.25) is 0 Å². The molecule has 2 aromatic rings. The molecule has 2 amide bonds. The summed E-state index contributed by atoms with van der Waals surface area (Å²) in [5.41, 5.74) is 4.58. The summed E-state index contributed by atoms with van der Waals surface area (Å²) >= 11 is 0. The van der Waals surface area contributed by atoms with Crippen molar-refractivity contribution in [2.75, 3.05) is 12.4 Å². The van der Waals surface area contributed by atoms with E-state index in [0.717, 1.165) is 21.7 Å². The van der Waals surface area contributed by atoms with Crippen molar-refractivity contribution in [3.05, 3.63) is 70.9 Å². The summed E-state index contributed by atoms with van der Waals surface area (Å²) in [7, 11) is 1.50. The molecule has 3 rings (SSSR count). The van der Waals surface area contributed by atoms with Crippen molar-refractivity contribution in [1.29, 1.82) is 0 Å². The van der Waals surface area contributed by atoms with Crippen molar-refractivity contribution < 1.29 is 9.59 Å². The van der Waals surface area contributed by atoms with Crippen LogP contribution in [-0.4, -0.2) is 23.8 Å². The molecule has 0 aliphatic carbocycles. The van der Waals surface area contributed by atoms with Crippen molar-refractivity contribution in [3.8, 4) is 0 Å². The lowest BCUT2D eigenvalue weighted by atomic mass is 10.0. The largest absolute Gasteiger partial charge is 0.350 e. The van der Waals surface area contributed by atoms with Gasteiger partial charge in [-0.2, -0.15) is 0 Å². The summed E-state index contributed by atoms with van der Waals surface area (Å²) in [6, 6.07) is 15.1. The maximum Gasteiger partial charge on any atom is 0.277 e. The van der Waals surface area contributed by atoms with Gasteiger partial charge >= 0.3 is 0 Å². The molecule has 116 valence electrons. The Bertz CT molecular complexity index is 823. The van der Waals surface area contributed by atoms with Crippen molar-refractivity contribution in [2.24, 2.45) is 0 Å². The third-order valence-corrected chi connectivity index (χ3v) is 4.13. The molecule has 0 aromatic heterocycles. The van der Waals surface area contributed by atoms with Crippen LogP contribution in [0.25, 0.3) is 5.57 Å². The monoisotopic (exact) mass is 306 g/mol. The number of imide groups is 1. The van der Waals surface area contributed by atoms with Gasteiger partial charge in [0.15, 0.2) is 0 Å². The van der Waals surface area contributed by atoms with Gasteiger partial charge in [-0.25, -0.2) is 0 Å². The zero-order chi connectivity index (χ0) is 16.6. The molecular weight excluding hydrogens is 288 g/mol. The molecule has 1 aliphatic heterocycles. The molecule has 1 heterocycles. The third-order valence-electron chi connectivity index (χ3n) is 4.13. The van der Waals surface area contributed by atoms with Gasteiger partial charge in [0.1, 0.15) is 5.70 Å². The van der Waals surface area contributed by atoms with Crippen LogP contribution in [0.1, 0.15) is 16.7 Å². The quantitative estimate of drug-likeness (QED) is 0.886. The van der Waals surface area contributed by atoms with E-state index in [1.54, 1.807) is 0 Å². The molecule has 1 aliphatic rings. The lowest BCUT2D eigenvalue weighted by Crippen LogP contribution is -2.27. The number of carbonyl (C=O) groups excluding carboxylic acids is 2. The fourth-order valence-corrected chi connectivity index (χ4v) is 2.59. The second-order valence-electron chi connectivity index (χ2n) is 5.71. The number of nitrogens with one attached hydrogen (secondary N) is 1. The van der Waals surface area contributed by atoms with Crippen molar-refractivity contribution in [3.63, 3.8) is 0 Å². The molecule has 0 unspecified atom stereocenters. The minimum absolute atomic E-state index is 0.285. The molecule has 0 spiro atoms. The van der Waals surface area contributed by atoms with E-state index in [-0.39, 0.29) is 11.8 Å². The second kappa shape index (κ2) is 5.72. The molecule has 0 bridgehead atoms. The Labute approximate surface area is 135 Å². The number of rotatable bonds is 3. The highest BCUT2D eigenvalue weighted by atomic mass is 16.2. The Morgan fingerprint density at radius 1 is 0.870 bits per heavy atom. The van der Waals surface area contributed by atoms with E-state index in [4.69, 9.17) is 0 Å². The fraction of sp³-hybridized carbons (Fsp3) is 0.158. The zero-order valence-corrected chi connectivity index (χ0v) is 13.4. The van der Waals surface area contributed by atoms with E-state index in [1.165, 1.54) is 12.6 Å². The van der Waals surface area contributed by atoms with Gasteiger partial charge < -0.3 is 5.32 Å². The zero-order valence-electron chi connectivity index (χ0n) is 13.4. The van der Waals surface area contributed by atoms with Crippen LogP contribution in [0.4, 0.5) is 5.69 Å². The topological polar surface area (TPSA) is 49.4 Å². The standard InChI is InChI=1S/C19H18N2O2/c1-12-9-10-15(11-13(12)2)20-17-16(14-7-5-4-6-8-14)18(22)21(3)19(17)23/h4-11,20H,1-3H3. The Balaban J connectivity index is 2.08. The SMILES string of the molecule is Cc1ccc(NC2=C(c3ccccc3)C(=O)N(C)C2=O)cc1C. The molecule has 2 aromatic carbocycles. The van der Waals surface area contributed by atoms with E-state index in [1.807, 2.05) is 62.4 Å². The number of hydrogen-bond acceptors (Lipinski definition) is 3. The summed E-state index contributed by atoms with van der Waals surface area (Å²) in [5.74, 6) is -0.598. The van der Waals surface area contributed by atoms with E-state index in [0.29, 0.717) is 11.3 Å². The Morgan fingerprint density at radius 2 is 1.57 bits per heavy atom. The van der Waals surface area contributed by atoms with Gasteiger partial charge in [-0.05, 0) is 42.7 Å². The van der Waals surface area contributed by atoms with Crippen LogP contribution >= 0.6 is 0 Å². The first kappa shape index (κ1) is 15.0. The summed E-state index contributed by atoms with van der Waals surface area (Å²) in [5, 5.41) is 3.14. The molecular formula is C19H18N2O2. The highest BCUT2D eigenvalue weighted by Crippen LogP contribution is 2.29. The second-order valence-corrected chi connectivity index (χ2v) is 5.71. The van der Waals surface area contributed by atoms with E-state index >= 15 is 0 Å². The highest BCUT2D eigenvalue weighted by molar-refractivity contribution is 6.36. The number of carbonyl (C=O) groups is 2. The van der Waals surface area contributed by atoms with Crippen molar-refractivity contribution in [2.45, 2.75) is 13.8 Å². The first-order valence-electron chi connectivity index (χ1n) is 7.45. The number of hydrogen-bond donors (Lipinski definition) is 1. The Kier molecular flexibility index (Phi) is 3.74. The molecule has 23 heavy (non-hydrogen) atoms. The maximum atomic E-state index is 12.4. The Hall–Kier alpha value is -2.88. The van der Waals surface area contributed by atoms with Gasteiger partial charge in [0.05, 0.1) is 5.57 Å². The van der Waals surface area contributed by atoms with E-state index in [9.17, 15) is 9.59 Å². The van der Waals surface area contributed by atoms with Crippen molar-refractivity contribution in [1.82, 2.24) is 4.90 Å². The van der Waals surface area contributed by atoms with Gasteiger partial charge in [0, 0.05) is 12.7 Å². The Morgan fingerprint density at radius 3 is 2.22 bits per heavy atom. The third kappa shape index (κ3) is 2.63. The number of amides is 2. The molecule has 4 heteroatoms. The minimum atomic E-state index is -0.313. The predicted octanol–water partition coefficient (Wildman–Crippen LogP) is 3.13. The van der Waals surface area contributed by atoms with Crippen molar-refractivity contribution >= 4 is 23.1 Å². The first-order chi connectivity index (χ1) is 11.0. The summed E-state index contributed by atoms with van der Waals surface area (Å²) in [6.07, 6.45) is 0. The molecule has 0 fully saturated rings. The highest BCUT2D eigenvalue weighted by Gasteiger charge is 2.36. The first-order valence-corrected chi connectivity index (χ1v) is 7.45. The molecule has 0 radical (unpaired) electrons. The lowest BCUT2D eigenvalue weighted by Gasteiger charge is -2.10. The average Bonchev–Trinajstić information content (AvgIpc) is 2.76. The van der Waals surface area contributed by atoms with E-state index in [2.05, 4.69) is 5.32 Å². The van der Waals surface area contributed by atoms with Gasteiger partial charge in [-0.15, -0.1) is 0 Å². The minimum Gasteiger partial charge on any atom is -0.350 e. The maximum absolute atomic E-state index is 12.4. The van der Waals surface area contributed by atoms with Crippen LogP contribution in [-0.2, 0) is 9.59 Å². The van der Waals surface area contributed by atoms with Gasteiger partial charge in [0.25, 0.3) is 11.8 Å². The van der Waals surface area contributed by atoms with Crippen LogP contribution in [0, 0.1) is 13.8 Å². The summed E-state index contributed by atoms with van der Waals surface area (Å²) in [6.45, 7) is 4.05. The van der Waals surface area contributed by atoms with Crippen LogP contribution in [0.5, 0.6) is 0 Å². The van der Waals surface area contributed by atoms with Crippen LogP contribution in [0.15, 0.2) is 54.2 Å². The number of anilines is 1. The normalized spacial score (nSPS) is 14.7. The van der Waals surface area contributed by atoms with Crippen LogP contribution < -0.4 is 5.32 Å². The summed E-state index contributed by atoms with van der Waals surface area (Å²) < 4.78 is 0.